The number of benzene rings is 1. The monoisotopic (exact) mass is 312 g/mol. The van der Waals surface area contributed by atoms with Crippen LogP contribution in [0.1, 0.15) is 5.56 Å². The Morgan fingerprint density at radius 1 is 1.43 bits per heavy atom. The summed E-state index contributed by atoms with van der Waals surface area (Å²) in [7, 11) is -2.70. The first-order valence-corrected chi connectivity index (χ1v) is 7.18. The largest absolute Gasteiger partial charge is 0.490 e. The van der Waals surface area contributed by atoms with Crippen molar-refractivity contribution in [3.63, 3.8) is 0 Å². The number of nitrogens with one attached hydrogen (secondary N) is 2. The van der Waals surface area contributed by atoms with Crippen LogP contribution in [0, 0.1) is 17.0 Å². The fourth-order valence-corrected chi connectivity index (χ4v) is 2.73. The average Bonchev–Trinajstić information content (AvgIpc) is 2.82. The van der Waals surface area contributed by atoms with Crippen LogP contribution in [0.5, 0.6) is 5.75 Å². The van der Waals surface area contributed by atoms with Gasteiger partial charge in [0.25, 0.3) is 10.0 Å². The van der Waals surface area contributed by atoms with Gasteiger partial charge in [-0.1, -0.05) is 0 Å². The summed E-state index contributed by atoms with van der Waals surface area (Å²) >= 11 is 0. The highest BCUT2D eigenvalue weighted by Crippen LogP contribution is 2.30. The molecular weight excluding hydrogens is 300 g/mol. The van der Waals surface area contributed by atoms with Crippen molar-refractivity contribution in [1.82, 2.24) is 10.2 Å². The van der Waals surface area contributed by atoms with Crippen LogP contribution < -0.4 is 9.46 Å². The molecule has 0 radical (unpaired) electrons. The minimum Gasteiger partial charge on any atom is -0.490 e. The minimum atomic E-state index is -3.97. The lowest BCUT2D eigenvalue weighted by atomic mass is 10.3. The van der Waals surface area contributed by atoms with Crippen LogP contribution in [0.25, 0.3) is 0 Å². The molecule has 2 rings (SSSR count). The van der Waals surface area contributed by atoms with Crippen LogP contribution >= 0.6 is 0 Å². The molecule has 2 aromatic rings. The fraction of sp³-hybridized carbons (Fsp3) is 0.182. The Balaban J connectivity index is 2.43. The van der Waals surface area contributed by atoms with Crippen molar-refractivity contribution in [1.29, 1.82) is 0 Å². The molecule has 0 amide bonds. The van der Waals surface area contributed by atoms with Crippen molar-refractivity contribution in [2.24, 2.45) is 0 Å². The number of aromatic nitrogens is 2. The Hall–Kier alpha value is -2.62. The highest BCUT2D eigenvalue weighted by atomic mass is 32.2. The number of ether oxygens (including phenoxy) is 1. The molecule has 0 bridgehead atoms. The molecule has 0 aliphatic carbocycles. The fourth-order valence-electron chi connectivity index (χ4n) is 1.62. The van der Waals surface area contributed by atoms with E-state index in [-0.39, 0.29) is 16.5 Å². The van der Waals surface area contributed by atoms with E-state index >= 15 is 0 Å². The lowest BCUT2D eigenvalue weighted by molar-refractivity contribution is -0.386. The predicted octanol–water partition coefficient (Wildman–Crippen LogP) is 1.44. The molecule has 0 aliphatic rings. The molecule has 0 saturated heterocycles. The summed E-state index contributed by atoms with van der Waals surface area (Å²) in [5, 5.41) is 17.1. The van der Waals surface area contributed by atoms with Gasteiger partial charge in [-0.25, -0.2) is 8.42 Å². The molecule has 0 atom stereocenters. The third-order valence-electron chi connectivity index (χ3n) is 2.72. The van der Waals surface area contributed by atoms with Crippen molar-refractivity contribution in [3.8, 4) is 5.75 Å². The van der Waals surface area contributed by atoms with E-state index in [1.807, 2.05) is 0 Å². The average molecular weight is 312 g/mol. The number of H-pyrrole nitrogens is 1. The van der Waals surface area contributed by atoms with Gasteiger partial charge in [-0.15, -0.1) is 0 Å². The van der Waals surface area contributed by atoms with E-state index in [0.717, 1.165) is 6.07 Å². The Kier molecular flexibility index (Phi) is 3.80. The zero-order chi connectivity index (χ0) is 15.6. The second kappa shape index (κ2) is 5.40. The van der Waals surface area contributed by atoms with Gasteiger partial charge in [-0.05, 0) is 19.1 Å². The molecule has 0 saturated carbocycles. The van der Waals surface area contributed by atoms with Gasteiger partial charge in [0.2, 0.25) is 0 Å². The Labute approximate surface area is 120 Å². The smallest absolute Gasteiger partial charge is 0.312 e. The van der Waals surface area contributed by atoms with Crippen molar-refractivity contribution < 1.29 is 18.1 Å². The Morgan fingerprint density at radius 2 is 2.14 bits per heavy atom. The standard InChI is InChI=1S/C11H12N4O5S/c1-7-6-12-13-11(7)14-21(18,19)8-3-4-10(20-2)9(5-8)15(16)17/h3-6H,1-2H3,(H2,12,13,14). The van der Waals surface area contributed by atoms with E-state index in [0.29, 0.717) is 5.56 Å². The van der Waals surface area contributed by atoms with Gasteiger partial charge < -0.3 is 4.74 Å². The first kappa shape index (κ1) is 14.8. The zero-order valence-electron chi connectivity index (χ0n) is 11.2. The van der Waals surface area contributed by atoms with Gasteiger partial charge in [0.1, 0.15) is 5.82 Å². The molecule has 0 fully saturated rings. The van der Waals surface area contributed by atoms with Crippen LogP contribution in [0.3, 0.4) is 0 Å². The summed E-state index contributed by atoms with van der Waals surface area (Å²) in [6, 6.07) is 3.39. The molecule has 1 aromatic heterocycles. The van der Waals surface area contributed by atoms with E-state index in [1.54, 1.807) is 6.92 Å². The summed E-state index contributed by atoms with van der Waals surface area (Å²) < 4.78 is 31.5. The summed E-state index contributed by atoms with van der Waals surface area (Å²) in [6.07, 6.45) is 1.45. The summed E-state index contributed by atoms with van der Waals surface area (Å²) in [4.78, 5) is 9.97. The van der Waals surface area contributed by atoms with Gasteiger partial charge in [-0.3, -0.25) is 19.9 Å². The molecular formula is C11H12N4O5S. The van der Waals surface area contributed by atoms with E-state index in [1.165, 1.54) is 25.4 Å². The molecule has 2 N–H and O–H groups in total. The van der Waals surface area contributed by atoms with E-state index < -0.39 is 20.6 Å². The number of aromatic amines is 1. The highest BCUT2D eigenvalue weighted by molar-refractivity contribution is 7.92. The molecule has 9 nitrogen and oxygen atoms in total. The maximum atomic E-state index is 12.2. The number of nitro benzene ring substituents is 1. The number of methoxy groups -OCH3 is 1. The molecule has 0 unspecified atom stereocenters. The Morgan fingerprint density at radius 3 is 2.67 bits per heavy atom. The number of nitro groups is 1. The van der Waals surface area contributed by atoms with Crippen LogP contribution in [0.2, 0.25) is 0 Å². The third-order valence-corrected chi connectivity index (χ3v) is 4.07. The number of aryl methyl sites for hydroxylation is 1. The quantitative estimate of drug-likeness (QED) is 0.635. The molecule has 1 aromatic carbocycles. The maximum Gasteiger partial charge on any atom is 0.312 e. The van der Waals surface area contributed by atoms with Crippen LogP contribution in [0.15, 0.2) is 29.3 Å². The van der Waals surface area contributed by atoms with E-state index in [9.17, 15) is 18.5 Å². The number of anilines is 1. The van der Waals surface area contributed by atoms with E-state index in [4.69, 9.17) is 4.74 Å². The van der Waals surface area contributed by atoms with Crippen LogP contribution in [0.4, 0.5) is 11.5 Å². The van der Waals surface area contributed by atoms with Gasteiger partial charge in [0, 0.05) is 11.6 Å². The lowest BCUT2D eigenvalue weighted by Crippen LogP contribution is -2.14. The highest BCUT2D eigenvalue weighted by Gasteiger charge is 2.22. The molecule has 112 valence electrons. The number of hydrogen-bond donors (Lipinski definition) is 2. The van der Waals surface area contributed by atoms with E-state index in [2.05, 4.69) is 14.9 Å². The van der Waals surface area contributed by atoms with Crippen molar-refractivity contribution in [3.05, 3.63) is 40.1 Å². The molecule has 21 heavy (non-hydrogen) atoms. The first-order valence-electron chi connectivity index (χ1n) is 5.70. The van der Waals surface area contributed by atoms with Gasteiger partial charge in [0.05, 0.1) is 23.1 Å². The van der Waals surface area contributed by atoms with Crippen molar-refractivity contribution in [2.45, 2.75) is 11.8 Å². The first-order chi connectivity index (χ1) is 9.85. The van der Waals surface area contributed by atoms with Gasteiger partial charge in [0.15, 0.2) is 5.75 Å². The van der Waals surface area contributed by atoms with Crippen molar-refractivity contribution >= 4 is 21.5 Å². The van der Waals surface area contributed by atoms with Gasteiger partial charge >= 0.3 is 5.69 Å². The number of rotatable bonds is 5. The number of sulfonamides is 1. The normalized spacial score (nSPS) is 11.1. The van der Waals surface area contributed by atoms with Gasteiger partial charge in [-0.2, -0.15) is 5.10 Å². The molecule has 0 aliphatic heterocycles. The van der Waals surface area contributed by atoms with Crippen LogP contribution in [-0.2, 0) is 10.0 Å². The summed E-state index contributed by atoms with van der Waals surface area (Å²) in [5.41, 5.74) is 0.170. The van der Waals surface area contributed by atoms with Crippen LogP contribution in [-0.4, -0.2) is 30.6 Å². The number of nitrogens with zero attached hydrogens (tertiary/aromatic N) is 2. The lowest BCUT2D eigenvalue weighted by Gasteiger charge is -2.08. The zero-order valence-corrected chi connectivity index (χ0v) is 12.0. The minimum absolute atomic E-state index is 0.0170. The topological polar surface area (TPSA) is 127 Å². The molecule has 1 heterocycles. The predicted molar refractivity (Wildman–Crippen MR) is 73.8 cm³/mol. The van der Waals surface area contributed by atoms with Crippen molar-refractivity contribution in [2.75, 3.05) is 11.8 Å². The Bertz CT molecular complexity index is 784. The SMILES string of the molecule is COc1ccc(S(=O)(=O)Nc2[nH]ncc2C)cc1[N+](=O)[O-]. The second-order valence-corrected chi connectivity index (χ2v) is 5.81. The second-order valence-electron chi connectivity index (χ2n) is 4.12. The molecule has 10 heteroatoms. The molecule has 0 spiro atoms. The maximum absolute atomic E-state index is 12.2. The summed E-state index contributed by atoms with van der Waals surface area (Å²) in [6.45, 7) is 1.66. The number of hydrogen-bond acceptors (Lipinski definition) is 6. The third kappa shape index (κ3) is 2.94. The summed E-state index contributed by atoms with van der Waals surface area (Å²) in [5.74, 6) is 0.185.